The Kier molecular flexibility index (Phi) is 3.97. The molecule has 0 radical (unpaired) electrons. The minimum absolute atomic E-state index is 0.654. The number of benzene rings is 1. The van der Waals surface area contributed by atoms with E-state index in [0.717, 1.165) is 32.5 Å². The summed E-state index contributed by atoms with van der Waals surface area (Å²) in [5, 5.41) is 3.47. The van der Waals surface area contributed by atoms with Crippen LogP contribution in [0.2, 0.25) is 0 Å². The molecule has 1 heterocycles. The Morgan fingerprint density at radius 3 is 2.56 bits per heavy atom. The topological polar surface area (TPSA) is 15.3 Å². The van der Waals surface area contributed by atoms with Crippen molar-refractivity contribution in [2.24, 2.45) is 0 Å². The fourth-order valence-corrected chi connectivity index (χ4v) is 2.27. The van der Waals surface area contributed by atoms with Gasteiger partial charge in [0.15, 0.2) is 0 Å². The number of rotatable bonds is 3. The second kappa shape index (κ2) is 5.46. The van der Waals surface area contributed by atoms with E-state index in [0.29, 0.717) is 6.04 Å². The molecule has 1 N–H and O–H groups in total. The lowest BCUT2D eigenvalue weighted by atomic mass is 10.0. The highest BCUT2D eigenvalue weighted by Crippen LogP contribution is 2.11. The van der Waals surface area contributed by atoms with E-state index in [2.05, 4.69) is 48.5 Å². The minimum Gasteiger partial charge on any atom is -0.314 e. The molecule has 16 heavy (non-hydrogen) atoms. The smallest absolute Gasteiger partial charge is 0.0258 e. The number of nitrogens with zero attached hydrogens (tertiary/aromatic N) is 1. The molecule has 0 bridgehead atoms. The van der Waals surface area contributed by atoms with Gasteiger partial charge in [-0.3, -0.25) is 0 Å². The fourth-order valence-electron chi connectivity index (χ4n) is 2.27. The lowest BCUT2D eigenvalue weighted by Crippen LogP contribution is -2.50. The lowest BCUT2D eigenvalue weighted by Gasteiger charge is -2.33. The molecule has 0 spiro atoms. The van der Waals surface area contributed by atoms with Crippen molar-refractivity contribution in [3.63, 3.8) is 0 Å². The van der Waals surface area contributed by atoms with Crippen LogP contribution in [0.4, 0.5) is 0 Å². The summed E-state index contributed by atoms with van der Waals surface area (Å²) in [6.07, 6.45) is 2.29. The van der Waals surface area contributed by atoms with Crippen LogP contribution in [0.5, 0.6) is 0 Å². The maximum absolute atomic E-state index is 3.47. The van der Waals surface area contributed by atoms with E-state index in [9.17, 15) is 0 Å². The first-order valence-electron chi connectivity index (χ1n) is 6.28. The van der Waals surface area contributed by atoms with Gasteiger partial charge in [0.05, 0.1) is 0 Å². The van der Waals surface area contributed by atoms with Gasteiger partial charge in [-0.15, -0.1) is 0 Å². The van der Waals surface area contributed by atoms with E-state index in [-0.39, 0.29) is 0 Å². The van der Waals surface area contributed by atoms with Crippen molar-refractivity contribution in [2.75, 3.05) is 26.7 Å². The zero-order valence-electron chi connectivity index (χ0n) is 10.4. The molecule has 0 aromatic heterocycles. The summed E-state index contributed by atoms with van der Waals surface area (Å²) < 4.78 is 0. The Morgan fingerprint density at radius 1 is 1.25 bits per heavy atom. The second-order valence-electron chi connectivity index (χ2n) is 4.71. The molecule has 88 valence electrons. The number of piperazine rings is 1. The third-order valence-electron chi connectivity index (χ3n) is 3.55. The Balaban J connectivity index is 1.96. The van der Waals surface area contributed by atoms with Crippen LogP contribution in [0.15, 0.2) is 24.3 Å². The molecule has 1 fully saturated rings. The molecule has 1 aromatic carbocycles. The van der Waals surface area contributed by atoms with E-state index in [1.807, 2.05) is 0 Å². The summed E-state index contributed by atoms with van der Waals surface area (Å²) >= 11 is 0. The van der Waals surface area contributed by atoms with E-state index < -0.39 is 0 Å². The van der Waals surface area contributed by atoms with E-state index in [4.69, 9.17) is 0 Å². The number of hydrogen-bond donors (Lipinski definition) is 1. The number of likely N-dealkylation sites (N-methyl/N-ethyl adjacent to an activating group) is 1. The highest BCUT2D eigenvalue weighted by atomic mass is 15.2. The summed E-state index contributed by atoms with van der Waals surface area (Å²) in [7, 11) is 2.23. The van der Waals surface area contributed by atoms with Crippen molar-refractivity contribution in [3.8, 4) is 0 Å². The number of aryl methyl sites for hydroxylation is 1. The molecule has 0 aliphatic carbocycles. The van der Waals surface area contributed by atoms with Crippen LogP contribution in [0, 0.1) is 0 Å². The van der Waals surface area contributed by atoms with Crippen molar-refractivity contribution in [3.05, 3.63) is 35.4 Å². The predicted molar refractivity (Wildman–Crippen MR) is 68.8 cm³/mol. The Bertz CT molecular complexity index is 318. The van der Waals surface area contributed by atoms with Gasteiger partial charge in [-0.2, -0.15) is 0 Å². The highest BCUT2D eigenvalue weighted by molar-refractivity contribution is 5.23. The standard InChI is InChI=1S/C14H22N2/c1-3-12-4-6-13(7-5-12)10-14-11-15-8-9-16(14)2/h4-7,14-15H,3,8-11H2,1-2H3. The molecule has 2 nitrogen and oxygen atoms in total. The lowest BCUT2D eigenvalue weighted by molar-refractivity contribution is 0.199. The van der Waals surface area contributed by atoms with Crippen molar-refractivity contribution in [2.45, 2.75) is 25.8 Å². The first-order valence-corrected chi connectivity index (χ1v) is 6.28. The minimum atomic E-state index is 0.654. The molecule has 1 unspecified atom stereocenters. The molecule has 1 aliphatic rings. The summed E-state index contributed by atoms with van der Waals surface area (Å²) in [6.45, 7) is 5.61. The normalized spacial score (nSPS) is 22.2. The Morgan fingerprint density at radius 2 is 1.94 bits per heavy atom. The fraction of sp³-hybridized carbons (Fsp3) is 0.571. The molecule has 0 amide bonds. The SMILES string of the molecule is CCc1ccc(CC2CNCCN2C)cc1. The molecular formula is C14H22N2. The molecule has 1 atom stereocenters. The summed E-state index contributed by atoms with van der Waals surface area (Å²) in [6, 6.07) is 9.72. The van der Waals surface area contributed by atoms with E-state index in [1.54, 1.807) is 0 Å². The van der Waals surface area contributed by atoms with Gasteiger partial charge in [-0.25, -0.2) is 0 Å². The van der Waals surface area contributed by atoms with Gasteiger partial charge in [0.2, 0.25) is 0 Å². The van der Waals surface area contributed by atoms with Crippen LogP contribution < -0.4 is 5.32 Å². The third kappa shape index (κ3) is 2.83. The largest absolute Gasteiger partial charge is 0.314 e. The molecule has 1 aromatic rings. The first-order chi connectivity index (χ1) is 7.79. The van der Waals surface area contributed by atoms with Crippen LogP contribution in [0.3, 0.4) is 0 Å². The van der Waals surface area contributed by atoms with Gasteiger partial charge in [0, 0.05) is 25.7 Å². The molecule has 2 heteroatoms. The van der Waals surface area contributed by atoms with Gasteiger partial charge < -0.3 is 10.2 Å². The molecular weight excluding hydrogens is 196 g/mol. The maximum atomic E-state index is 3.47. The second-order valence-corrected chi connectivity index (χ2v) is 4.71. The first kappa shape index (κ1) is 11.6. The molecule has 1 aliphatic heterocycles. The molecule has 0 saturated carbocycles. The van der Waals surface area contributed by atoms with Gasteiger partial charge in [0.1, 0.15) is 0 Å². The summed E-state index contributed by atoms with van der Waals surface area (Å²) in [5.41, 5.74) is 2.89. The van der Waals surface area contributed by atoms with Crippen molar-refractivity contribution >= 4 is 0 Å². The van der Waals surface area contributed by atoms with E-state index >= 15 is 0 Å². The number of nitrogens with one attached hydrogen (secondary N) is 1. The Labute approximate surface area is 98.7 Å². The van der Waals surface area contributed by atoms with Crippen LogP contribution in [0.1, 0.15) is 18.1 Å². The maximum Gasteiger partial charge on any atom is 0.0258 e. The predicted octanol–water partition coefficient (Wildman–Crippen LogP) is 1.70. The van der Waals surface area contributed by atoms with Crippen LogP contribution in [0.25, 0.3) is 0 Å². The highest BCUT2D eigenvalue weighted by Gasteiger charge is 2.18. The average Bonchev–Trinajstić information content (AvgIpc) is 2.33. The monoisotopic (exact) mass is 218 g/mol. The number of hydrogen-bond acceptors (Lipinski definition) is 2. The molecule has 1 saturated heterocycles. The van der Waals surface area contributed by atoms with Gasteiger partial charge in [0.25, 0.3) is 0 Å². The van der Waals surface area contributed by atoms with Gasteiger partial charge in [-0.1, -0.05) is 31.2 Å². The summed E-state index contributed by atoms with van der Waals surface area (Å²) in [5.74, 6) is 0. The zero-order chi connectivity index (χ0) is 11.4. The van der Waals surface area contributed by atoms with Gasteiger partial charge >= 0.3 is 0 Å². The molecule has 2 rings (SSSR count). The van der Waals surface area contributed by atoms with Crippen molar-refractivity contribution in [1.82, 2.24) is 10.2 Å². The van der Waals surface area contributed by atoms with E-state index in [1.165, 1.54) is 11.1 Å². The zero-order valence-corrected chi connectivity index (χ0v) is 10.4. The van der Waals surface area contributed by atoms with Crippen LogP contribution in [-0.2, 0) is 12.8 Å². The van der Waals surface area contributed by atoms with Crippen molar-refractivity contribution < 1.29 is 0 Å². The quantitative estimate of drug-likeness (QED) is 0.830. The van der Waals surface area contributed by atoms with Crippen LogP contribution in [-0.4, -0.2) is 37.6 Å². The van der Waals surface area contributed by atoms with Crippen molar-refractivity contribution in [1.29, 1.82) is 0 Å². The van der Waals surface area contributed by atoms with Gasteiger partial charge in [-0.05, 0) is 31.0 Å². The third-order valence-corrected chi connectivity index (χ3v) is 3.55. The average molecular weight is 218 g/mol. The van der Waals surface area contributed by atoms with Crippen LogP contribution >= 0.6 is 0 Å². The Hall–Kier alpha value is -0.860. The summed E-state index contributed by atoms with van der Waals surface area (Å²) in [4.78, 5) is 2.46.